The number of halogens is 3. The standard InChI is InChI=1S/C10H17F3N2O/c11-10(12,13)7-2-1-3-8(6-7)15-5-4-9(14)16/h7-8,15H,1-6H2,(H2,14,16). The molecule has 0 saturated heterocycles. The van der Waals surface area contributed by atoms with E-state index in [1.165, 1.54) is 0 Å². The van der Waals surface area contributed by atoms with Crippen molar-refractivity contribution in [1.29, 1.82) is 0 Å². The fourth-order valence-corrected chi connectivity index (χ4v) is 2.07. The Hall–Kier alpha value is -0.780. The Labute approximate surface area is 92.6 Å². The molecule has 0 spiro atoms. The first-order chi connectivity index (χ1) is 7.39. The van der Waals surface area contributed by atoms with E-state index >= 15 is 0 Å². The van der Waals surface area contributed by atoms with Gasteiger partial charge in [0.05, 0.1) is 5.92 Å². The number of carbonyl (C=O) groups excluding carboxylic acids is 1. The number of nitrogens with two attached hydrogens (primary N) is 1. The lowest BCUT2D eigenvalue weighted by Gasteiger charge is -2.31. The maximum Gasteiger partial charge on any atom is 0.391 e. The summed E-state index contributed by atoms with van der Waals surface area (Å²) in [6.45, 7) is 0.366. The van der Waals surface area contributed by atoms with Crippen molar-refractivity contribution >= 4 is 5.91 Å². The fourth-order valence-electron chi connectivity index (χ4n) is 2.07. The lowest BCUT2D eigenvalue weighted by molar-refractivity contribution is -0.183. The molecule has 1 fully saturated rings. The molecule has 0 radical (unpaired) electrons. The largest absolute Gasteiger partial charge is 0.391 e. The minimum Gasteiger partial charge on any atom is -0.370 e. The number of primary amides is 1. The van der Waals surface area contributed by atoms with Crippen LogP contribution in [0.5, 0.6) is 0 Å². The summed E-state index contributed by atoms with van der Waals surface area (Å²) < 4.78 is 37.4. The van der Waals surface area contributed by atoms with E-state index < -0.39 is 18.0 Å². The predicted octanol–water partition coefficient (Wildman–Crippen LogP) is 1.57. The van der Waals surface area contributed by atoms with Crippen LogP contribution in [0, 0.1) is 5.92 Å². The summed E-state index contributed by atoms with van der Waals surface area (Å²) in [6, 6.07) is -0.139. The molecule has 2 unspecified atom stereocenters. The summed E-state index contributed by atoms with van der Waals surface area (Å²) in [5, 5.41) is 2.95. The van der Waals surface area contributed by atoms with E-state index in [1.807, 2.05) is 0 Å². The first-order valence-electron chi connectivity index (χ1n) is 5.48. The third kappa shape index (κ3) is 4.38. The van der Waals surface area contributed by atoms with Gasteiger partial charge >= 0.3 is 6.18 Å². The van der Waals surface area contributed by atoms with Gasteiger partial charge in [0.15, 0.2) is 0 Å². The van der Waals surface area contributed by atoms with Crippen molar-refractivity contribution < 1.29 is 18.0 Å². The Morgan fingerprint density at radius 3 is 2.62 bits per heavy atom. The summed E-state index contributed by atoms with van der Waals surface area (Å²) in [7, 11) is 0. The van der Waals surface area contributed by atoms with Crippen LogP contribution in [0.25, 0.3) is 0 Å². The fraction of sp³-hybridized carbons (Fsp3) is 0.900. The smallest absolute Gasteiger partial charge is 0.370 e. The molecule has 0 aromatic carbocycles. The Kier molecular flexibility index (Phi) is 4.58. The average molecular weight is 238 g/mol. The monoisotopic (exact) mass is 238 g/mol. The van der Waals surface area contributed by atoms with Gasteiger partial charge in [-0.25, -0.2) is 0 Å². The van der Waals surface area contributed by atoms with Crippen molar-refractivity contribution in [3.8, 4) is 0 Å². The lowest BCUT2D eigenvalue weighted by Crippen LogP contribution is -2.39. The topological polar surface area (TPSA) is 55.1 Å². The van der Waals surface area contributed by atoms with E-state index in [0.717, 1.165) is 6.42 Å². The molecule has 6 heteroatoms. The highest BCUT2D eigenvalue weighted by molar-refractivity contribution is 5.73. The van der Waals surface area contributed by atoms with E-state index in [9.17, 15) is 18.0 Å². The molecule has 2 atom stereocenters. The third-order valence-electron chi connectivity index (χ3n) is 2.94. The van der Waals surface area contributed by atoms with Crippen LogP contribution >= 0.6 is 0 Å². The van der Waals surface area contributed by atoms with E-state index in [4.69, 9.17) is 5.73 Å². The van der Waals surface area contributed by atoms with Gasteiger partial charge in [0.1, 0.15) is 0 Å². The second-order valence-electron chi connectivity index (χ2n) is 4.27. The van der Waals surface area contributed by atoms with Gasteiger partial charge in [-0.15, -0.1) is 0 Å². The zero-order valence-corrected chi connectivity index (χ0v) is 9.02. The van der Waals surface area contributed by atoms with Gasteiger partial charge in [-0.05, 0) is 19.3 Å². The zero-order chi connectivity index (χ0) is 12.2. The summed E-state index contributed by atoms with van der Waals surface area (Å²) in [4.78, 5) is 10.5. The normalized spacial score (nSPS) is 26.7. The van der Waals surface area contributed by atoms with Crippen LogP contribution in [0.1, 0.15) is 32.1 Å². The van der Waals surface area contributed by atoms with Crippen LogP contribution in [0.3, 0.4) is 0 Å². The molecule has 94 valence electrons. The Bertz CT molecular complexity index is 243. The Morgan fingerprint density at radius 1 is 1.38 bits per heavy atom. The van der Waals surface area contributed by atoms with Gasteiger partial charge in [-0.1, -0.05) is 6.42 Å². The highest BCUT2D eigenvalue weighted by Gasteiger charge is 2.41. The van der Waals surface area contributed by atoms with Crippen LogP contribution in [-0.4, -0.2) is 24.7 Å². The maximum atomic E-state index is 12.5. The van der Waals surface area contributed by atoms with Gasteiger partial charge < -0.3 is 11.1 Å². The van der Waals surface area contributed by atoms with Gasteiger partial charge in [0.25, 0.3) is 0 Å². The molecule has 0 aliphatic heterocycles. The molecule has 3 N–H and O–H groups in total. The van der Waals surface area contributed by atoms with Crippen molar-refractivity contribution in [1.82, 2.24) is 5.32 Å². The summed E-state index contributed by atoms with van der Waals surface area (Å²) >= 11 is 0. The van der Waals surface area contributed by atoms with Crippen LogP contribution in [0.2, 0.25) is 0 Å². The minimum absolute atomic E-state index is 0.113. The number of alkyl halides is 3. The number of nitrogens with one attached hydrogen (secondary N) is 1. The Morgan fingerprint density at radius 2 is 2.06 bits per heavy atom. The first-order valence-corrected chi connectivity index (χ1v) is 5.48. The second-order valence-corrected chi connectivity index (χ2v) is 4.27. The number of carbonyl (C=O) groups is 1. The molecule has 0 aromatic rings. The predicted molar refractivity (Wildman–Crippen MR) is 53.6 cm³/mol. The van der Waals surface area contributed by atoms with Crippen molar-refractivity contribution in [3.05, 3.63) is 0 Å². The molecule has 3 nitrogen and oxygen atoms in total. The quantitative estimate of drug-likeness (QED) is 0.781. The number of hydrogen-bond donors (Lipinski definition) is 2. The van der Waals surface area contributed by atoms with Crippen molar-refractivity contribution in [2.75, 3.05) is 6.54 Å². The third-order valence-corrected chi connectivity index (χ3v) is 2.94. The number of amides is 1. The lowest BCUT2D eigenvalue weighted by atomic mass is 9.85. The van der Waals surface area contributed by atoms with Crippen molar-refractivity contribution in [2.24, 2.45) is 11.7 Å². The molecule has 1 aliphatic rings. The molecule has 1 rings (SSSR count). The highest BCUT2D eigenvalue weighted by atomic mass is 19.4. The molecule has 1 saturated carbocycles. The van der Waals surface area contributed by atoms with Crippen molar-refractivity contribution in [2.45, 2.75) is 44.3 Å². The van der Waals surface area contributed by atoms with E-state index in [1.54, 1.807) is 0 Å². The van der Waals surface area contributed by atoms with Gasteiger partial charge in [0, 0.05) is 19.0 Å². The molecule has 16 heavy (non-hydrogen) atoms. The van der Waals surface area contributed by atoms with Crippen LogP contribution < -0.4 is 11.1 Å². The molecule has 0 bridgehead atoms. The van der Waals surface area contributed by atoms with Gasteiger partial charge in [0.2, 0.25) is 5.91 Å². The second kappa shape index (κ2) is 5.52. The number of hydrogen-bond acceptors (Lipinski definition) is 2. The Balaban J connectivity index is 2.31. The molecule has 0 heterocycles. The van der Waals surface area contributed by atoms with Gasteiger partial charge in [-0.3, -0.25) is 4.79 Å². The van der Waals surface area contributed by atoms with Crippen LogP contribution in [0.15, 0.2) is 0 Å². The van der Waals surface area contributed by atoms with Crippen LogP contribution in [-0.2, 0) is 4.79 Å². The molecule has 1 aliphatic carbocycles. The SMILES string of the molecule is NC(=O)CCNC1CCCC(C(F)(F)F)C1. The van der Waals surface area contributed by atoms with E-state index in [-0.39, 0.29) is 25.3 Å². The van der Waals surface area contributed by atoms with Crippen molar-refractivity contribution in [3.63, 3.8) is 0 Å². The maximum absolute atomic E-state index is 12.5. The summed E-state index contributed by atoms with van der Waals surface area (Å²) in [6.07, 6.45) is -2.26. The van der Waals surface area contributed by atoms with E-state index in [2.05, 4.69) is 5.32 Å². The van der Waals surface area contributed by atoms with Crippen LogP contribution in [0.4, 0.5) is 13.2 Å². The minimum atomic E-state index is -4.09. The molecule has 0 aromatic heterocycles. The van der Waals surface area contributed by atoms with E-state index in [0.29, 0.717) is 13.0 Å². The number of rotatable bonds is 4. The summed E-state index contributed by atoms with van der Waals surface area (Å²) in [5.74, 6) is -1.64. The average Bonchev–Trinajstić information content (AvgIpc) is 2.16. The first kappa shape index (κ1) is 13.3. The summed E-state index contributed by atoms with van der Waals surface area (Å²) in [5.41, 5.74) is 4.95. The zero-order valence-electron chi connectivity index (χ0n) is 9.02. The molecular weight excluding hydrogens is 221 g/mol. The molecule has 1 amide bonds. The van der Waals surface area contributed by atoms with Gasteiger partial charge in [-0.2, -0.15) is 13.2 Å². The molecular formula is C10H17F3N2O. The highest BCUT2D eigenvalue weighted by Crippen LogP contribution is 2.37.